The van der Waals surface area contributed by atoms with Gasteiger partial charge in [-0.25, -0.2) is 4.39 Å². The molecule has 0 radical (unpaired) electrons. The average molecular weight is 223 g/mol. The van der Waals surface area contributed by atoms with E-state index in [1.807, 2.05) is 18.2 Å². The van der Waals surface area contributed by atoms with E-state index >= 15 is 0 Å². The molecule has 0 aliphatic carbocycles. The minimum atomic E-state index is -1.36. The molecule has 0 bridgehead atoms. The largest absolute Gasteiger partial charge is 0.383 e. The van der Waals surface area contributed by atoms with Crippen LogP contribution in [0.3, 0.4) is 0 Å². The van der Waals surface area contributed by atoms with Crippen LogP contribution < -0.4 is 5.32 Å². The van der Waals surface area contributed by atoms with E-state index in [4.69, 9.17) is 0 Å². The highest BCUT2D eigenvalue weighted by Gasteiger charge is 2.29. The van der Waals surface area contributed by atoms with Gasteiger partial charge >= 0.3 is 0 Å². The van der Waals surface area contributed by atoms with Crippen LogP contribution in [0.5, 0.6) is 0 Å². The van der Waals surface area contributed by atoms with Gasteiger partial charge in [0.2, 0.25) is 0 Å². The molecule has 0 spiro atoms. The van der Waals surface area contributed by atoms with Gasteiger partial charge in [-0.15, -0.1) is 0 Å². The Morgan fingerprint density at radius 2 is 2.31 bits per heavy atom. The maximum Gasteiger partial charge on any atom is 0.122 e. The van der Waals surface area contributed by atoms with E-state index in [1.54, 1.807) is 0 Å². The van der Waals surface area contributed by atoms with Crippen LogP contribution in [-0.4, -0.2) is 18.3 Å². The van der Waals surface area contributed by atoms with E-state index in [0.717, 1.165) is 24.1 Å². The summed E-state index contributed by atoms with van der Waals surface area (Å²) in [4.78, 5) is 0. The lowest BCUT2D eigenvalue weighted by molar-refractivity contribution is 0.0289. The van der Waals surface area contributed by atoms with Gasteiger partial charge in [-0.05, 0) is 43.5 Å². The van der Waals surface area contributed by atoms with E-state index in [9.17, 15) is 9.50 Å². The smallest absolute Gasteiger partial charge is 0.122 e. The molecule has 3 heteroatoms. The van der Waals surface area contributed by atoms with Gasteiger partial charge < -0.3 is 10.4 Å². The molecule has 1 aromatic carbocycles. The Kier molecular flexibility index (Phi) is 3.00. The highest BCUT2D eigenvalue weighted by Crippen LogP contribution is 2.32. The van der Waals surface area contributed by atoms with Crippen LogP contribution in [-0.2, 0) is 12.0 Å². The summed E-state index contributed by atoms with van der Waals surface area (Å²) < 4.78 is 12.9. The van der Waals surface area contributed by atoms with Gasteiger partial charge in [-0.1, -0.05) is 18.2 Å². The van der Waals surface area contributed by atoms with Crippen LogP contribution in [0, 0.1) is 0 Å². The fourth-order valence-corrected chi connectivity index (χ4v) is 2.39. The summed E-state index contributed by atoms with van der Waals surface area (Å²) in [5.41, 5.74) is 1.66. The van der Waals surface area contributed by atoms with Crippen molar-refractivity contribution < 1.29 is 9.50 Å². The molecule has 0 saturated carbocycles. The van der Waals surface area contributed by atoms with Crippen molar-refractivity contribution in [1.29, 1.82) is 0 Å². The van der Waals surface area contributed by atoms with Crippen molar-refractivity contribution in [3.63, 3.8) is 0 Å². The third kappa shape index (κ3) is 1.85. The summed E-state index contributed by atoms with van der Waals surface area (Å²) in [6.45, 7) is 3.76. The zero-order chi connectivity index (χ0) is 11.8. The van der Waals surface area contributed by atoms with Crippen molar-refractivity contribution in [2.75, 3.05) is 13.2 Å². The molecule has 88 valence electrons. The summed E-state index contributed by atoms with van der Waals surface area (Å²) in [6.07, 6.45) is 0.853. The molecule has 1 heterocycles. The number of halogens is 1. The van der Waals surface area contributed by atoms with Crippen LogP contribution in [0.25, 0.3) is 0 Å². The lowest BCUT2D eigenvalue weighted by Gasteiger charge is -2.30. The fraction of sp³-hybridized carbons (Fsp3) is 0.538. The fourth-order valence-electron chi connectivity index (χ4n) is 2.39. The van der Waals surface area contributed by atoms with Gasteiger partial charge in [0.15, 0.2) is 0 Å². The SMILES string of the molecule is C[C@@H]1NCCc2c1cccc2[C@@](C)(O)CF. The van der Waals surface area contributed by atoms with Crippen molar-refractivity contribution in [3.8, 4) is 0 Å². The zero-order valence-corrected chi connectivity index (χ0v) is 9.76. The zero-order valence-electron chi connectivity index (χ0n) is 9.76. The molecule has 1 aliphatic heterocycles. The summed E-state index contributed by atoms with van der Waals surface area (Å²) in [5, 5.41) is 13.4. The third-order valence-electron chi connectivity index (χ3n) is 3.34. The Labute approximate surface area is 95.5 Å². The number of aliphatic hydroxyl groups is 1. The number of hydrogen-bond acceptors (Lipinski definition) is 2. The molecule has 1 aromatic rings. The van der Waals surface area contributed by atoms with Crippen molar-refractivity contribution in [1.82, 2.24) is 5.32 Å². The van der Waals surface area contributed by atoms with Gasteiger partial charge in [0, 0.05) is 6.04 Å². The predicted octanol–water partition coefficient (Wildman–Crippen LogP) is 2.07. The lowest BCUT2D eigenvalue weighted by Crippen LogP contribution is -2.32. The Balaban J connectivity index is 2.52. The third-order valence-corrected chi connectivity index (χ3v) is 3.34. The van der Waals surface area contributed by atoms with Crippen LogP contribution in [0.2, 0.25) is 0 Å². The second kappa shape index (κ2) is 4.15. The standard InChI is InChI=1S/C13H18FNO/c1-9-10-4-3-5-12(13(2,16)8-14)11(10)6-7-15-9/h3-5,9,15-16H,6-8H2,1-2H3/t9-,13-/m0/s1. The molecule has 0 saturated heterocycles. The average Bonchev–Trinajstić information content (AvgIpc) is 2.29. The van der Waals surface area contributed by atoms with E-state index < -0.39 is 12.3 Å². The topological polar surface area (TPSA) is 32.3 Å². The molecular weight excluding hydrogens is 205 g/mol. The van der Waals surface area contributed by atoms with Crippen LogP contribution in [0.15, 0.2) is 18.2 Å². The Hall–Kier alpha value is -0.930. The normalized spacial score (nSPS) is 23.6. The number of benzene rings is 1. The van der Waals surface area contributed by atoms with Crippen LogP contribution >= 0.6 is 0 Å². The molecule has 2 rings (SSSR count). The van der Waals surface area contributed by atoms with E-state index in [1.165, 1.54) is 12.5 Å². The minimum Gasteiger partial charge on any atom is -0.383 e. The second-order valence-electron chi connectivity index (χ2n) is 4.71. The van der Waals surface area contributed by atoms with Crippen molar-refractivity contribution in [2.45, 2.75) is 31.9 Å². The van der Waals surface area contributed by atoms with Gasteiger partial charge in [0.1, 0.15) is 12.3 Å². The summed E-state index contributed by atoms with van der Waals surface area (Å²) in [6, 6.07) is 6.04. The van der Waals surface area contributed by atoms with E-state index in [0.29, 0.717) is 0 Å². The number of nitrogens with one attached hydrogen (secondary N) is 1. The molecule has 0 aromatic heterocycles. The maximum absolute atomic E-state index is 12.9. The first kappa shape index (κ1) is 11.6. The lowest BCUT2D eigenvalue weighted by atomic mass is 9.84. The first-order valence-corrected chi connectivity index (χ1v) is 5.70. The number of fused-ring (bicyclic) bond motifs is 1. The van der Waals surface area contributed by atoms with Crippen molar-refractivity contribution >= 4 is 0 Å². The summed E-state index contributed by atoms with van der Waals surface area (Å²) in [5.74, 6) is 0. The van der Waals surface area contributed by atoms with Crippen LogP contribution in [0.1, 0.15) is 36.6 Å². The van der Waals surface area contributed by atoms with Gasteiger partial charge in [0.05, 0.1) is 0 Å². The van der Waals surface area contributed by atoms with Gasteiger partial charge in [-0.2, -0.15) is 0 Å². The highest BCUT2D eigenvalue weighted by molar-refractivity contribution is 5.41. The summed E-state index contributed by atoms with van der Waals surface area (Å²) >= 11 is 0. The molecular formula is C13H18FNO. The van der Waals surface area contributed by atoms with E-state index in [2.05, 4.69) is 12.2 Å². The maximum atomic E-state index is 12.9. The van der Waals surface area contributed by atoms with Crippen molar-refractivity contribution in [2.24, 2.45) is 0 Å². The summed E-state index contributed by atoms with van der Waals surface area (Å²) in [7, 11) is 0. The number of rotatable bonds is 2. The highest BCUT2D eigenvalue weighted by atomic mass is 19.1. The first-order chi connectivity index (χ1) is 7.56. The molecule has 2 atom stereocenters. The molecule has 0 unspecified atom stereocenters. The minimum absolute atomic E-state index is 0.277. The second-order valence-corrected chi connectivity index (χ2v) is 4.71. The molecule has 2 nitrogen and oxygen atoms in total. The predicted molar refractivity (Wildman–Crippen MR) is 62.1 cm³/mol. The molecule has 1 aliphatic rings. The Bertz CT molecular complexity index is 390. The molecule has 16 heavy (non-hydrogen) atoms. The van der Waals surface area contributed by atoms with E-state index in [-0.39, 0.29) is 6.04 Å². The Morgan fingerprint density at radius 3 is 3.00 bits per heavy atom. The van der Waals surface area contributed by atoms with Crippen LogP contribution in [0.4, 0.5) is 4.39 Å². The monoisotopic (exact) mass is 223 g/mol. The van der Waals surface area contributed by atoms with Gasteiger partial charge in [-0.3, -0.25) is 0 Å². The molecule has 2 N–H and O–H groups in total. The first-order valence-electron chi connectivity index (χ1n) is 5.70. The van der Waals surface area contributed by atoms with Gasteiger partial charge in [0.25, 0.3) is 0 Å². The molecule has 0 fully saturated rings. The molecule has 0 amide bonds. The Morgan fingerprint density at radius 1 is 1.56 bits per heavy atom. The number of hydrogen-bond donors (Lipinski definition) is 2. The van der Waals surface area contributed by atoms with Crippen molar-refractivity contribution in [3.05, 3.63) is 34.9 Å². The quantitative estimate of drug-likeness (QED) is 0.804. The number of alkyl halides is 1.